The maximum absolute atomic E-state index is 5.05. The quantitative estimate of drug-likeness (QED) is 0.539. The Balaban J connectivity index is 1.52. The van der Waals surface area contributed by atoms with Gasteiger partial charge >= 0.3 is 0 Å². The maximum atomic E-state index is 5.05. The summed E-state index contributed by atoms with van der Waals surface area (Å²) < 4.78 is 4.43. The minimum Gasteiger partial charge on any atom is -0.357 e. The Hall–Kier alpha value is -1.41. The summed E-state index contributed by atoms with van der Waals surface area (Å²) in [6.07, 6.45) is 3.52. The van der Waals surface area contributed by atoms with Crippen LogP contribution in [0.25, 0.3) is 0 Å². The number of aliphatic imine (C=N–C) groups is 1. The predicted molar refractivity (Wildman–Crippen MR) is 123 cm³/mol. The molecule has 3 rings (SSSR count). The van der Waals surface area contributed by atoms with Crippen molar-refractivity contribution in [3.63, 3.8) is 0 Å². The molecule has 7 nitrogen and oxygen atoms in total. The zero-order chi connectivity index (χ0) is 20.6. The van der Waals surface area contributed by atoms with Crippen LogP contribution in [0, 0.1) is 11.8 Å². The number of nitrogens with zero attached hydrogens (tertiary/aromatic N) is 6. The first-order valence-electron chi connectivity index (χ1n) is 11.4. The molecule has 0 spiro atoms. The Morgan fingerprint density at radius 1 is 1.21 bits per heavy atom. The van der Waals surface area contributed by atoms with Gasteiger partial charge in [-0.25, -0.2) is 4.98 Å². The molecular weight excluding hydrogens is 382 g/mol. The van der Waals surface area contributed by atoms with Crippen molar-refractivity contribution in [2.45, 2.75) is 47.0 Å². The van der Waals surface area contributed by atoms with Gasteiger partial charge in [-0.3, -0.25) is 4.99 Å². The molecule has 3 heterocycles. The third kappa shape index (κ3) is 6.54. The minimum atomic E-state index is 0.686. The molecule has 1 aromatic heterocycles. The lowest BCUT2D eigenvalue weighted by Gasteiger charge is -2.37. The SMILES string of the molecule is CCNC(=NCC1CCCN(CC(C)C)C1)N1CCN(c2nc(CC)ns2)CC1. The van der Waals surface area contributed by atoms with Gasteiger partial charge in [0.2, 0.25) is 5.13 Å². The van der Waals surface area contributed by atoms with Crippen LogP contribution in [0.15, 0.2) is 4.99 Å². The number of anilines is 1. The lowest BCUT2D eigenvalue weighted by Crippen LogP contribution is -2.52. The molecule has 164 valence electrons. The molecule has 8 heteroatoms. The fraction of sp³-hybridized carbons (Fsp3) is 0.857. The van der Waals surface area contributed by atoms with Gasteiger partial charge < -0.3 is 20.0 Å². The Bertz CT molecular complexity index is 637. The molecule has 0 amide bonds. The summed E-state index contributed by atoms with van der Waals surface area (Å²) in [5, 5.41) is 4.59. The molecule has 29 heavy (non-hydrogen) atoms. The van der Waals surface area contributed by atoms with Crippen molar-refractivity contribution in [1.29, 1.82) is 0 Å². The van der Waals surface area contributed by atoms with Crippen molar-refractivity contribution in [1.82, 2.24) is 24.5 Å². The summed E-state index contributed by atoms with van der Waals surface area (Å²) in [6.45, 7) is 18.3. The van der Waals surface area contributed by atoms with Crippen LogP contribution in [-0.2, 0) is 6.42 Å². The number of aromatic nitrogens is 2. The lowest BCUT2D eigenvalue weighted by molar-refractivity contribution is 0.162. The summed E-state index contributed by atoms with van der Waals surface area (Å²) in [5.41, 5.74) is 0. The second-order valence-corrected chi connectivity index (χ2v) is 9.41. The molecule has 1 atom stereocenters. The average Bonchev–Trinajstić information content (AvgIpc) is 3.20. The maximum Gasteiger partial charge on any atom is 0.205 e. The molecular formula is C21H39N7S. The van der Waals surface area contributed by atoms with E-state index in [1.807, 2.05) is 0 Å². The van der Waals surface area contributed by atoms with Crippen molar-refractivity contribution in [2.75, 3.05) is 63.8 Å². The lowest BCUT2D eigenvalue weighted by atomic mass is 9.97. The molecule has 0 aliphatic carbocycles. The second-order valence-electron chi connectivity index (χ2n) is 8.68. The van der Waals surface area contributed by atoms with Gasteiger partial charge in [-0.15, -0.1) is 0 Å². The Morgan fingerprint density at radius 2 is 2.00 bits per heavy atom. The molecule has 0 bridgehead atoms. The molecule has 0 saturated carbocycles. The number of nitrogens with one attached hydrogen (secondary N) is 1. The van der Waals surface area contributed by atoms with Gasteiger partial charge in [0.05, 0.1) is 0 Å². The zero-order valence-electron chi connectivity index (χ0n) is 18.7. The monoisotopic (exact) mass is 421 g/mol. The van der Waals surface area contributed by atoms with Crippen LogP contribution in [0.2, 0.25) is 0 Å². The molecule has 1 aromatic rings. The topological polar surface area (TPSA) is 59.9 Å². The smallest absolute Gasteiger partial charge is 0.205 e. The molecule has 1 unspecified atom stereocenters. The number of hydrogen-bond donors (Lipinski definition) is 1. The van der Waals surface area contributed by atoms with Crippen LogP contribution >= 0.6 is 11.5 Å². The Kier molecular flexibility index (Phi) is 8.53. The van der Waals surface area contributed by atoms with Crippen LogP contribution in [0.5, 0.6) is 0 Å². The third-order valence-electron chi connectivity index (χ3n) is 5.68. The summed E-state index contributed by atoms with van der Waals surface area (Å²) in [6, 6.07) is 0. The standard InChI is InChI=1S/C21H39N7S/c1-5-19-24-21(29-25-19)28-12-10-27(11-13-28)20(22-6-2)23-14-18-8-7-9-26(16-18)15-17(3)4/h17-18H,5-16H2,1-4H3,(H,22,23). The highest BCUT2D eigenvalue weighted by atomic mass is 32.1. The van der Waals surface area contributed by atoms with E-state index in [0.717, 1.165) is 68.5 Å². The van der Waals surface area contributed by atoms with E-state index in [9.17, 15) is 0 Å². The number of rotatable bonds is 7. The van der Waals surface area contributed by atoms with E-state index in [0.29, 0.717) is 5.92 Å². The van der Waals surface area contributed by atoms with E-state index in [2.05, 4.69) is 57.1 Å². The largest absolute Gasteiger partial charge is 0.357 e. The van der Waals surface area contributed by atoms with Crippen LogP contribution in [0.4, 0.5) is 5.13 Å². The van der Waals surface area contributed by atoms with Gasteiger partial charge in [-0.05, 0) is 38.1 Å². The molecule has 2 aliphatic rings. The average molecular weight is 422 g/mol. The summed E-state index contributed by atoms with van der Waals surface area (Å²) in [5.74, 6) is 3.47. The zero-order valence-corrected chi connectivity index (χ0v) is 19.5. The van der Waals surface area contributed by atoms with Crippen molar-refractivity contribution in [2.24, 2.45) is 16.8 Å². The van der Waals surface area contributed by atoms with E-state index in [4.69, 9.17) is 4.99 Å². The number of guanidine groups is 1. The van der Waals surface area contributed by atoms with Crippen molar-refractivity contribution >= 4 is 22.6 Å². The fourth-order valence-electron chi connectivity index (χ4n) is 4.25. The molecule has 1 N–H and O–H groups in total. The first-order valence-corrected chi connectivity index (χ1v) is 12.2. The highest BCUT2D eigenvalue weighted by Crippen LogP contribution is 2.20. The van der Waals surface area contributed by atoms with Gasteiger partial charge in [0.15, 0.2) is 5.96 Å². The summed E-state index contributed by atoms with van der Waals surface area (Å²) in [4.78, 5) is 17.1. The van der Waals surface area contributed by atoms with Gasteiger partial charge in [-0.2, -0.15) is 4.37 Å². The van der Waals surface area contributed by atoms with E-state index >= 15 is 0 Å². The van der Waals surface area contributed by atoms with Gasteiger partial charge in [-0.1, -0.05) is 20.8 Å². The van der Waals surface area contributed by atoms with E-state index in [1.54, 1.807) is 0 Å². The van der Waals surface area contributed by atoms with Crippen molar-refractivity contribution < 1.29 is 0 Å². The molecule has 0 radical (unpaired) electrons. The third-order valence-corrected chi connectivity index (χ3v) is 6.50. The summed E-state index contributed by atoms with van der Waals surface area (Å²) in [7, 11) is 0. The van der Waals surface area contributed by atoms with Crippen LogP contribution < -0.4 is 10.2 Å². The molecule has 0 aromatic carbocycles. The van der Waals surface area contributed by atoms with Gasteiger partial charge in [0, 0.05) is 70.3 Å². The number of likely N-dealkylation sites (tertiary alicyclic amines) is 1. The van der Waals surface area contributed by atoms with Crippen LogP contribution in [0.3, 0.4) is 0 Å². The van der Waals surface area contributed by atoms with Crippen LogP contribution in [0.1, 0.15) is 46.4 Å². The van der Waals surface area contributed by atoms with Crippen molar-refractivity contribution in [3.8, 4) is 0 Å². The number of aryl methyl sites for hydroxylation is 1. The predicted octanol–water partition coefficient (Wildman–Crippen LogP) is 2.56. The molecule has 2 aliphatic heterocycles. The first kappa shape index (κ1) is 22.3. The van der Waals surface area contributed by atoms with Crippen molar-refractivity contribution in [3.05, 3.63) is 5.82 Å². The number of piperidine rings is 1. The van der Waals surface area contributed by atoms with E-state index < -0.39 is 0 Å². The first-order chi connectivity index (χ1) is 14.1. The minimum absolute atomic E-state index is 0.686. The highest BCUT2D eigenvalue weighted by molar-refractivity contribution is 7.09. The van der Waals surface area contributed by atoms with E-state index in [-0.39, 0.29) is 0 Å². The summed E-state index contributed by atoms with van der Waals surface area (Å²) >= 11 is 1.53. The number of hydrogen-bond acceptors (Lipinski definition) is 6. The fourth-order valence-corrected chi connectivity index (χ4v) is 5.05. The van der Waals surface area contributed by atoms with Gasteiger partial charge in [0.1, 0.15) is 5.82 Å². The highest BCUT2D eigenvalue weighted by Gasteiger charge is 2.24. The second kappa shape index (κ2) is 11.1. The Morgan fingerprint density at radius 3 is 2.66 bits per heavy atom. The molecule has 2 fully saturated rings. The number of piperazine rings is 1. The normalized spacial score (nSPS) is 21.8. The van der Waals surface area contributed by atoms with Crippen LogP contribution in [-0.4, -0.2) is 84.0 Å². The van der Waals surface area contributed by atoms with E-state index in [1.165, 1.54) is 44.0 Å². The van der Waals surface area contributed by atoms with Gasteiger partial charge in [0.25, 0.3) is 0 Å². The Labute approximate surface area is 180 Å². The molecule has 2 saturated heterocycles.